The van der Waals surface area contributed by atoms with Gasteiger partial charge in [-0.05, 0) is 25.2 Å². The molecule has 0 unspecified atom stereocenters. The van der Waals surface area contributed by atoms with E-state index in [9.17, 15) is 9.59 Å². The van der Waals surface area contributed by atoms with Gasteiger partial charge in [0.15, 0.2) is 0 Å². The number of aliphatic carboxylic acids is 1. The van der Waals surface area contributed by atoms with Gasteiger partial charge in [0.05, 0.1) is 0 Å². The number of ketones is 1. The number of carbonyl (C=O) groups is 2. The monoisotopic (exact) mass is 226 g/mol. The first-order chi connectivity index (χ1) is 7.65. The normalized spacial score (nSPS) is 25.4. The quantitative estimate of drug-likeness (QED) is 0.671. The number of carbonyl (C=O) groups excluding carboxylic acids is 1. The fourth-order valence-corrected chi connectivity index (χ4v) is 2.20. The Hall–Kier alpha value is -1.16. The third-order valence-electron chi connectivity index (χ3n) is 3.03. The molecule has 1 aliphatic carbocycles. The average molecular weight is 226 g/mol. The molecule has 4 heteroatoms. The second kappa shape index (κ2) is 6.43. The van der Waals surface area contributed by atoms with Gasteiger partial charge in [0.25, 0.3) is 0 Å². The summed E-state index contributed by atoms with van der Waals surface area (Å²) < 4.78 is 0. The van der Waals surface area contributed by atoms with Crippen LogP contribution in [0.15, 0.2) is 12.2 Å². The molecule has 16 heavy (non-hydrogen) atoms. The highest BCUT2D eigenvalue weighted by atomic mass is 16.4. The van der Waals surface area contributed by atoms with Crippen LogP contribution in [0.3, 0.4) is 0 Å². The number of hydrogen-bond donors (Lipinski definition) is 2. The number of Topliss-reactive ketones (excluding diaryl/α,β-unsaturated/α-hetero) is 1. The van der Waals surface area contributed by atoms with Gasteiger partial charge in [-0.2, -0.15) is 0 Å². The van der Waals surface area contributed by atoms with Gasteiger partial charge >= 0.3 is 5.97 Å². The summed E-state index contributed by atoms with van der Waals surface area (Å²) in [5.41, 5.74) is 0. The maximum absolute atomic E-state index is 11.6. The van der Waals surface area contributed by atoms with Gasteiger partial charge in [0.2, 0.25) is 0 Å². The lowest BCUT2D eigenvalue weighted by Crippen LogP contribution is -2.17. The Morgan fingerprint density at radius 3 is 2.81 bits per heavy atom. The summed E-state index contributed by atoms with van der Waals surface area (Å²) in [5.74, 6) is -0.793. The van der Waals surface area contributed by atoms with Gasteiger partial charge in [-0.1, -0.05) is 12.2 Å². The molecule has 90 valence electrons. The number of aliphatic hydroxyl groups excluding tert-OH is 1. The molecule has 0 aromatic carbocycles. The lowest BCUT2D eigenvalue weighted by atomic mass is 9.89. The first-order valence-electron chi connectivity index (χ1n) is 5.65. The molecule has 1 rings (SSSR count). The molecule has 0 bridgehead atoms. The highest BCUT2D eigenvalue weighted by molar-refractivity contribution is 5.84. The topological polar surface area (TPSA) is 74.6 Å². The van der Waals surface area contributed by atoms with Gasteiger partial charge in [-0.25, -0.2) is 0 Å². The second-order valence-corrected chi connectivity index (χ2v) is 4.19. The van der Waals surface area contributed by atoms with E-state index in [1.54, 1.807) is 0 Å². The summed E-state index contributed by atoms with van der Waals surface area (Å²) in [4.78, 5) is 22.2. The molecule has 0 saturated heterocycles. The Bertz CT molecular complexity index is 283. The van der Waals surface area contributed by atoms with Gasteiger partial charge < -0.3 is 10.2 Å². The van der Waals surface area contributed by atoms with Crippen molar-refractivity contribution in [3.05, 3.63) is 12.2 Å². The molecule has 4 nitrogen and oxygen atoms in total. The summed E-state index contributed by atoms with van der Waals surface area (Å²) in [6.07, 6.45) is 6.20. The Kier molecular flexibility index (Phi) is 5.19. The van der Waals surface area contributed by atoms with E-state index in [-0.39, 0.29) is 30.6 Å². The number of allylic oxidation sites excluding steroid dienone is 1. The Morgan fingerprint density at radius 1 is 1.44 bits per heavy atom. The van der Waals surface area contributed by atoms with Crippen molar-refractivity contribution in [2.45, 2.75) is 32.1 Å². The molecule has 1 aliphatic rings. The lowest BCUT2D eigenvalue weighted by molar-refractivity contribution is -0.138. The summed E-state index contributed by atoms with van der Waals surface area (Å²) in [6, 6.07) is 0. The molecule has 2 N–H and O–H groups in total. The van der Waals surface area contributed by atoms with Gasteiger partial charge in [-0.15, -0.1) is 0 Å². The van der Waals surface area contributed by atoms with Crippen molar-refractivity contribution >= 4 is 11.8 Å². The zero-order valence-corrected chi connectivity index (χ0v) is 9.26. The zero-order valence-electron chi connectivity index (χ0n) is 9.26. The predicted molar refractivity (Wildman–Crippen MR) is 58.9 cm³/mol. The lowest BCUT2D eigenvalue weighted by Gasteiger charge is -2.14. The average Bonchev–Trinajstić information content (AvgIpc) is 2.55. The number of aliphatic hydroxyl groups is 1. The largest absolute Gasteiger partial charge is 0.481 e. The molecule has 0 spiro atoms. The van der Waals surface area contributed by atoms with Crippen molar-refractivity contribution in [2.24, 2.45) is 11.8 Å². The minimum absolute atomic E-state index is 0.0104. The van der Waals surface area contributed by atoms with E-state index in [4.69, 9.17) is 10.2 Å². The minimum atomic E-state index is -0.830. The zero-order chi connectivity index (χ0) is 12.0. The van der Waals surface area contributed by atoms with Crippen molar-refractivity contribution in [3.63, 3.8) is 0 Å². The number of rotatable bonds is 6. The number of carboxylic acids is 1. The predicted octanol–water partition coefficient (Wildman–Crippen LogP) is 1.39. The van der Waals surface area contributed by atoms with E-state index < -0.39 is 5.97 Å². The standard InChI is InChI=1S/C12H18O4/c13-7-3-1-2-4-10-9(8-12(15)16)5-6-11(10)14/h1-2,9-10,13H,3-8H2,(H,15,16)/b2-1+/t9-,10-/m0/s1. The molecule has 2 atom stereocenters. The fourth-order valence-electron chi connectivity index (χ4n) is 2.20. The van der Waals surface area contributed by atoms with Crippen molar-refractivity contribution in [1.82, 2.24) is 0 Å². The molecule has 0 aromatic heterocycles. The van der Waals surface area contributed by atoms with E-state index in [0.717, 1.165) is 0 Å². The van der Waals surface area contributed by atoms with Crippen LogP contribution in [-0.4, -0.2) is 28.6 Å². The fraction of sp³-hybridized carbons (Fsp3) is 0.667. The van der Waals surface area contributed by atoms with Crippen LogP contribution < -0.4 is 0 Å². The maximum atomic E-state index is 11.6. The third kappa shape index (κ3) is 3.77. The van der Waals surface area contributed by atoms with Gasteiger partial charge in [-0.3, -0.25) is 9.59 Å². The summed E-state index contributed by atoms with van der Waals surface area (Å²) in [5, 5.41) is 17.3. The molecule has 0 heterocycles. The van der Waals surface area contributed by atoms with Crippen LogP contribution in [0.25, 0.3) is 0 Å². The first kappa shape index (κ1) is 12.9. The Morgan fingerprint density at radius 2 is 2.19 bits per heavy atom. The molecule has 0 radical (unpaired) electrons. The Balaban J connectivity index is 2.46. The third-order valence-corrected chi connectivity index (χ3v) is 3.03. The van der Waals surface area contributed by atoms with Gasteiger partial charge in [0, 0.05) is 25.4 Å². The highest BCUT2D eigenvalue weighted by Crippen LogP contribution is 2.33. The Labute approximate surface area is 95.0 Å². The van der Waals surface area contributed by atoms with Crippen LogP contribution in [0.1, 0.15) is 32.1 Å². The number of carboxylic acid groups (broad SMARTS) is 1. The summed E-state index contributed by atoms with van der Waals surface area (Å²) in [7, 11) is 0. The van der Waals surface area contributed by atoms with Crippen LogP contribution in [0.5, 0.6) is 0 Å². The number of hydrogen-bond acceptors (Lipinski definition) is 3. The van der Waals surface area contributed by atoms with E-state index in [1.807, 2.05) is 12.2 Å². The SMILES string of the molecule is O=C(O)C[C@@H]1CCC(=O)[C@H]1C/C=C/CCO. The summed E-state index contributed by atoms with van der Waals surface area (Å²) >= 11 is 0. The van der Waals surface area contributed by atoms with E-state index in [1.165, 1.54) is 0 Å². The van der Waals surface area contributed by atoms with Crippen molar-refractivity contribution in [1.29, 1.82) is 0 Å². The molecule has 1 saturated carbocycles. The van der Waals surface area contributed by atoms with E-state index >= 15 is 0 Å². The van der Waals surface area contributed by atoms with E-state index in [2.05, 4.69) is 0 Å². The summed E-state index contributed by atoms with van der Waals surface area (Å²) in [6.45, 7) is 0.105. The van der Waals surface area contributed by atoms with Gasteiger partial charge in [0.1, 0.15) is 5.78 Å². The van der Waals surface area contributed by atoms with Crippen LogP contribution in [0.2, 0.25) is 0 Å². The smallest absolute Gasteiger partial charge is 0.303 e. The molecule has 0 amide bonds. The van der Waals surface area contributed by atoms with Crippen LogP contribution in [-0.2, 0) is 9.59 Å². The highest BCUT2D eigenvalue weighted by Gasteiger charge is 2.34. The van der Waals surface area contributed by atoms with Crippen molar-refractivity contribution in [3.8, 4) is 0 Å². The first-order valence-corrected chi connectivity index (χ1v) is 5.65. The van der Waals surface area contributed by atoms with Crippen molar-refractivity contribution < 1.29 is 19.8 Å². The molecule has 0 aliphatic heterocycles. The maximum Gasteiger partial charge on any atom is 0.303 e. The molecular formula is C12H18O4. The van der Waals surface area contributed by atoms with Crippen LogP contribution in [0, 0.1) is 11.8 Å². The molecular weight excluding hydrogens is 208 g/mol. The minimum Gasteiger partial charge on any atom is -0.481 e. The van der Waals surface area contributed by atoms with Crippen LogP contribution >= 0.6 is 0 Å². The van der Waals surface area contributed by atoms with Crippen molar-refractivity contribution in [2.75, 3.05) is 6.61 Å². The second-order valence-electron chi connectivity index (χ2n) is 4.19. The van der Waals surface area contributed by atoms with Crippen LogP contribution in [0.4, 0.5) is 0 Å². The molecule has 1 fully saturated rings. The van der Waals surface area contributed by atoms with E-state index in [0.29, 0.717) is 25.7 Å². The molecule has 0 aromatic rings.